The van der Waals surface area contributed by atoms with Gasteiger partial charge in [0.1, 0.15) is 11.0 Å². The minimum atomic E-state index is 1.07. The van der Waals surface area contributed by atoms with Crippen LogP contribution in [0.1, 0.15) is 126 Å². The van der Waals surface area contributed by atoms with Crippen molar-refractivity contribution in [3.8, 4) is 20.9 Å². The number of rotatable bonds is 20. The molecule has 3 aromatic heterocycles. The van der Waals surface area contributed by atoms with Gasteiger partial charge in [0.15, 0.2) is 0 Å². The second-order valence-electron chi connectivity index (χ2n) is 11.1. The molecule has 0 unspecified atom stereocenters. The van der Waals surface area contributed by atoms with Gasteiger partial charge >= 0.3 is 0 Å². The molecule has 0 aliphatic rings. The molecule has 0 spiro atoms. The second kappa shape index (κ2) is 17.3. The average molecular weight is 581 g/mol. The van der Waals surface area contributed by atoms with E-state index in [0.717, 1.165) is 11.0 Å². The number of aromatic nitrogens is 2. The third-order valence-electron chi connectivity index (χ3n) is 7.82. The Morgan fingerprint density at radius 1 is 0.462 bits per heavy atom. The summed E-state index contributed by atoms with van der Waals surface area (Å²) < 4.78 is 9.51. The summed E-state index contributed by atoms with van der Waals surface area (Å²) in [5.74, 6) is 0. The quantitative estimate of drug-likeness (QED) is 0.0971. The molecule has 0 radical (unpaired) electrons. The molecule has 0 aliphatic heterocycles. The van der Waals surface area contributed by atoms with E-state index in [2.05, 4.69) is 50.2 Å². The molecule has 5 heteroatoms. The first kappa shape index (κ1) is 30.4. The van der Waals surface area contributed by atoms with E-state index >= 15 is 0 Å². The fourth-order valence-corrected chi connectivity index (χ4v) is 8.17. The van der Waals surface area contributed by atoms with Gasteiger partial charge in [0, 0.05) is 30.6 Å². The van der Waals surface area contributed by atoms with E-state index in [0.29, 0.717) is 0 Å². The molecule has 0 fully saturated rings. The predicted molar refractivity (Wildman–Crippen MR) is 177 cm³/mol. The van der Waals surface area contributed by atoms with E-state index < -0.39 is 0 Å². The van der Waals surface area contributed by atoms with Gasteiger partial charge in [0.2, 0.25) is 0 Å². The van der Waals surface area contributed by atoms with Crippen LogP contribution in [0.2, 0.25) is 0 Å². The van der Waals surface area contributed by atoms with Crippen LogP contribution in [0.5, 0.6) is 0 Å². The van der Waals surface area contributed by atoms with Crippen molar-refractivity contribution in [1.82, 2.24) is 8.75 Å². The maximum atomic E-state index is 4.75. The Hall–Kier alpha value is -1.56. The van der Waals surface area contributed by atoms with E-state index in [4.69, 9.17) is 8.75 Å². The number of thiophene rings is 2. The minimum Gasteiger partial charge on any atom is -0.172 e. The summed E-state index contributed by atoms with van der Waals surface area (Å²) in [6.45, 7) is 4.58. The zero-order valence-corrected chi connectivity index (χ0v) is 26.8. The number of nitrogens with zero attached hydrogens (tertiary/aromatic N) is 2. The Labute approximate surface area is 249 Å². The monoisotopic (exact) mass is 580 g/mol. The molecule has 0 saturated carbocycles. The highest BCUT2D eigenvalue weighted by Gasteiger charge is 2.16. The van der Waals surface area contributed by atoms with Gasteiger partial charge in [-0.05, 0) is 49.9 Å². The van der Waals surface area contributed by atoms with Crippen molar-refractivity contribution in [2.75, 3.05) is 0 Å². The smallest absolute Gasteiger partial charge is 0.114 e. The standard InChI is InChI=1S/C34H48N2S3/c1-3-5-7-9-11-13-15-17-19-27-21-25-31(37-27)29-23-24-30(34-33(29)35-39-36-34)32-26-22-28(38-32)20-18-16-14-12-10-8-6-4-2/h21-26H,3-20H2,1-2H3. The van der Waals surface area contributed by atoms with Crippen molar-refractivity contribution >= 4 is 45.4 Å². The maximum Gasteiger partial charge on any atom is 0.114 e. The van der Waals surface area contributed by atoms with Crippen molar-refractivity contribution in [3.05, 3.63) is 46.2 Å². The molecule has 0 atom stereocenters. The van der Waals surface area contributed by atoms with Crippen LogP contribution in [0.3, 0.4) is 0 Å². The van der Waals surface area contributed by atoms with Crippen LogP contribution in [0.15, 0.2) is 36.4 Å². The summed E-state index contributed by atoms with van der Waals surface area (Å²) in [4.78, 5) is 5.66. The molecule has 0 N–H and O–H groups in total. The van der Waals surface area contributed by atoms with E-state index in [1.165, 1.54) is 158 Å². The van der Waals surface area contributed by atoms with E-state index in [1.807, 2.05) is 22.7 Å². The van der Waals surface area contributed by atoms with Crippen LogP contribution in [-0.4, -0.2) is 8.75 Å². The molecule has 0 aliphatic carbocycles. The summed E-state index contributed by atoms with van der Waals surface area (Å²) in [5.41, 5.74) is 4.61. The van der Waals surface area contributed by atoms with Crippen molar-refractivity contribution in [2.24, 2.45) is 0 Å². The molecule has 212 valence electrons. The third-order valence-corrected chi connectivity index (χ3v) is 10.7. The Kier molecular flexibility index (Phi) is 13.5. The van der Waals surface area contributed by atoms with Crippen LogP contribution >= 0.6 is 34.4 Å². The minimum absolute atomic E-state index is 1.07. The maximum absolute atomic E-state index is 4.75. The van der Waals surface area contributed by atoms with Crippen molar-refractivity contribution in [2.45, 2.75) is 129 Å². The van der Waals surface area contributed by atoms with Gasteiger partial charge in [0.25, 0.3) is 0 Å². The summed E-state index contributed by atoms with van der Waals surface area (Å²) in [6, 6.07) is 13.8. The number of hydrogen-bond acceptors (Lipinski definition) is 5. The Bertz CT molecular complexity index is 1130. The summed E-state index contributed by atoms with van der Waals surface area (Å²) >= 11 is 5.23. The molecule has 0 amide bonds. The zero-order chi connectivity index (χ0) is 27.1. The summed E-state index contributed by atoms with van der Waals surface area (Å²) in [5, 5.41) is 0. The second-order valence-corrected chi connectivity index (χ2v) is 14.0. The van der Waals surface area contributed by atoms with E-state index in [-0.39, 0.29) is 0 Å². The first-order valence-corrected chi connectivity index (χ1v) is 18.1. The number of fused-ring (bicyclic) bond motifs is 1. The average Bonchev–Trinajstić information content (AvgIpc) is 3.73. The van der Waals surface area contributed by atoms with E-state index in [9.17, 15) is 0 Å². The van der Waals surface area contributed by atoms with E-state index in [1.54, 1.807) is 0 Å². The lowest BCUT2D eigenvalue weighted by Crippen LogP contribution is -1.83. The van der Waals surface area contributed by atoms with Crippen molar-refractivity contribution in [1.29, 1.82) is 0 Å². The highest BCUT2D eigenvalue weighted by molar-refractivity contribution is 7.16. The number of aryl methyl sites for hydroxylation is 2. The lowest BCUT2D eigenvalue weighted by molar-refractivity contribution is 0.576. The SMILES string of the molecule is CCCCCCCCCCc1ccc(-c2ccc(-c3ccc(CCCCCCCCCC)s3)c3nsnc23)s1. The van der Waals surface area contributed by atoms with Crippen molar-refractivity contribution < 1.29 is 0 Å². The highest BCUT2D eigenvalue weighted by Crippen LogP contribution is 2.39. The first-order chi connectivity index (χ1) is 19.3. The summed E-state index contributed by atoms with van der Waals surface area (Å²) in [7, 11) is 0. The van der Waals surface area contributed by atoms with Gasteiger partial charge in [-0.1, -0.05) is 116 Å². The van der Waals surface area contributed by atoms with Gasteiger partial charge in [-0.2, -0.15) is 8.75 Å². The largest absolute Gasteiger partial charge is 0.172 e. The molecule has 2 nitrogen and oxygen atoms in total. The molecular weight excluding hydrogens is 533 g/mol. The molecule has 0 bridgehead atoms. The van der Waals surface area contributed by atoms with Crippen molar-refractivity contribution in [3.63, 3.8) is 0 Å². The molecule has 4 rings (SSSR count). The van der Waals surface area contributed by atoms with Gasteiger partial charge in [-0.25, -0.2) is 0 Å². The Morgan fingerprint density at radius 3 is 1.26 bits per heavy atom. The fourth-order valence-electron chi connectivity index (χ4n) is 5.44. The fraction of sp³-hybridized carbons (Fsp3) is 0.588. The summed E-state index contributed by atoms with van der Waals surface area (Å²) in [6.07, 6.45) is 24.4. The van der Waals surface area contributed by atoms with Crippen LogP contribution < -0.4 is 0 Å². The zero-order valence-electron chi connectivity index (χ0n) is 24.3. The lowest BCUT2D eigenvalue weighted by atomic mass is 10.1. The van der Waals surface area contributed by atoms with Gasteiger partial charge in [-0.3, -0.25) is 0 Å². The lowest BCUT2D eigenvalue weighted by Gasteiger charge is -2.04. The third kappa shape index (κ3) is 9.50. The normalized spacial score (nSPS) is 11.6. The highest BCUT2D eigenvalue weighted by atomic mass is 32.1. The molecule has 4 aromatic rings. The topological polar surface area (TPSA) is 25.8 Å². The van der Waals surface area contributed by atoms with Crippen LogP contribution in [0.25, 0.3) is 31.9 Å². The Morgan fingerprint density at radius 2 is 0.846 bits per heavy atom. The molecule has 1 aromatic carbocycles. The first-order valence-electron chi connectivity index (χ1n) is 15.7. The van der Waals surface area contributed by atoms with Gasteiger partial charge in [-0.15, -0.1) is 22.7 Å². The molecule has 39 heavy (non-hydrogen) atoms. The number of unbranched alkanes of at least 4 members (excludes halogenated alkanes) is 14. The van der Waals surface area contributed by atoms with Gasteiger partial charge in [0.05, 0.1) is 11.7 Å². The van der Waals surface area contributed by atoms with Crippen LogP contribution in [0.4, 0.5) is 0 Å². The Balaban J connectivity index is 1.29. The number of benzene rings is 1. The molecule has 0 saturated heterocycles. The molecular formula is C34H48N2S3. The number of hydrogen-bond donors (Lipinski definition) is 0. The van der Waals surface area contributed by atoms with Gasteiger partial charge < -0.3 is 0 Å². The van der Waals surface area contributed by atoms with Crippen LogP contribution in [0, 0.1) is 0 Å². The predicted octanol–water partition coefficient (Wildman–Crippen LogP) is 12.5. The van der Waals surface area contributed by atoms with Crippen LogP contribution in [-0.2, 0) is 12.8 Å². The molecule has 3 heterocycles.